The number of nitrogens with one attached hydrogen (secondary N) is 2. The first-order valence-electron chi connectivity index (χ1n) is 10.3. The van der Waals surface area contributed by atoms with Crippen LogP contribution in [0.2, 0.25) is 0 Å². The van der Waals surface area contributed by atoms with Gasteiger partial charge in [-0.1, -0.05) is 18.2 Å². The fourth-order valence-corrected chi connectivity index (χ4v) is 6.31. The number of halogens is 4. The van der Waals surface area contributed by atoms with E-state index in [4.69, 9.17) is 0 Å². The highest BCUT2D eigenvalue weighted by Crippen LogP contribution is 2.53. The molecular formula is C22H24ClF3N2O2S. The van der Waals surface area contributed by atoms with Crippen LogP contribution in [0, 0.1) is 22.9 Å². The Morgan fingerprint density at radius 1 is 1.06 bits per heavy atom. The Kier molecular flexibility index (Phi) is 5.87. The molecule has 5 rings (SSSR count). The van der Waals surface area contributed by atoms with Crippen LogP contribution in [0.3, 0.4) is 0 Å². The molecule has 2 N–H and O–H groups in total. The SMILES string of the molecule is Cl.O=S(=O)(N[C@@H]1[C@H](Cc2cccc(-c3cc(F)cc(F)c3)c2F)NCC12CC2)C1CC1. The lowest BCUT2D eigenvalue weighted by molar-refractivity contribution is 0.406. The summed E-state index contributed by atoms with van der Waals surface area (Å²) in [6.07, 6.45) is 3.55. The van der Waals surface area contributed by atoms with E-state index in [1.165, 1.54) is 6.07 Å². The van der Waals surface area contributed by atoms with E-state index in [-0.39, 0.29) is 52.7 Å². The van der Waals surface area contributed by atoms with Gasteiger partial charge in [0.25, 0.3) is 0 Å². The quantitative estimate of drug-likeness (QED) is 0.669. The number of sulfonamides is 1. The first kappa shape index (κ1) is 22.6. The monoisotopic (exact) mass is 472 g/mol. The molecule has 1 saturated heterocycles. The molecule has 2 saturated carbocycles. The van der Waals surface area contributed by atoms with Crippen LogP contribution in [0.1, 0.15) is 31.2 Å². The summed E-state index contributed by atoms with van der Waals surface area (Å²) in [5.41, 5.74) is 0.561. The lowest BCUT2D eigenvalue weighted by Crippen LogP contribution is -2.48. The van der Waals surface area contributed by atoms with Gasteiger partial charge in [-0.2, -0.15) is 0 Å². The van der Waals surface area contributed by atoms with Crippen molar-refractivity contribution < 1.29 is 21.6 Å². The fourth-order valence-electron chi connectivity index (χ4n) is 4.59. The summed E-state index contributed by atoms with van der Waals surface area (Å²) in [5.74, 6) is -2.07. The van der Waals surface area contributed by atoms with E-state index in [1.54, 1.807) is 12.1 Å². The summed E-state index contributed by atoms with van der Waals surface area (Å²) in [4.78, 5) is 0. The summed E-state index contributed by atoms with van der Waals surface area (Å²) in [7, 11) is -3.36. The highest BCUT2D eigenvalue weighted by Gasteiger charge is 2.58. The number of benzene rings is 2. The third-order valence-corrected chi connectivity index (χ3v) is 8.55. The molecule has 3 fully saturated rings. The minimum absolute atomic E-state index is 0. The molecule has 9 heteroatoms. The van der Waals surface area contributed by atoms with Crippen molar-refractivity contribution in [1.29, 1.82) is 0 Å². The van der Waals surface area contributed by atoms with Crippen molar-refractivity contribution in [2.45, 2.75) is 49.4 Å². The van der Waals surface area contributed by atoms with Gasteiger partial charge in [0.15, 0.2) is 0 Å². The maximum atomic E-state index is 15.3. The number of hydrogen-bond acceptors (Lipinski definition) is 3. The zero-order valence-electron chi connectivity index (χ0n) is 16.7. The Balaban J connectivity index is 0.00000231. The van der Waals surface area contributed by atoms with Crippen LogP contribution in [0.5, 0.6) is 0 Å². The fraction of sp³-hybridized carbons (Fsp3) is 0.455. The van der Waals surface area contributed by atoms with E-state index < -0.39 is 27.5 Å². The van der Waals surface area contributed by atoms with E-state index >= 15 is 4.39 Å². The Hall–Kier alpha value is -1.61. The largest absolute Gasteiger partial charge is 0.311 e. The van der Waals surface area contributed by atoms with Crippen molar-refractivity contribution in [2.24, 2.45) is 5.41 Å². The molecule has 0 unspecified atom stereocenters. The topological polar surface area (TPSA) is 58.2 Å². The minimum Gasteiger partial charge on any atom is -0.311 e. The van der Waals surface area contributed by atoms with E-state index in [1.807, 2.05) is 0 Å². The standard InChI is InChI=1S/C22H23F3N2O2S.ClH/c23-15-8-14(9-16(24)11-15)18-3-1-2-13(20(18)25)10-19-21(22(6-7-22)12-26-19)27-30(28,29)17-4-5-17;/h1-3,8-9,11,17,19,21,26-27H,4-7,10,12H2;1H/t19-,21+;/m0./s1. The van der Waals surface area contributed by atoms with Gasteiger partial charge in [0.05, 0.1) is 5.25 Å². The Bertz CT molecular complexity index is 1080. The lowest BCUT2D eigenvalue weighted by atomic mass is 9.91. The average molecular weight is 473 g/mol. The van der Waals surface area contributed by atoms with Crippen LogP contribution in [0.4, 0.5) is 13.2 Å². The molecular weight excluding hydrogens is 449 g/mol. The summed E-state index contributed by atoms with van der Waals surface area (Å²) in [6, 6.07) is 7.22. The molecule has 31 heavy (non-hydrogen) atoms. The van der Waals surface area contributed by atoms with Gasteiger partial charge < -0.3 is 5.32 Å². The first-order chi connectivity index (χ1) is 14.3. The third-order valence-electron chi connectivity index (χ3n) is 6.62. The number of rotatable bonds is 6. The van der Waals surface area contributed by atoms with Crippen LogP contribution in [-0.2, 0) is 16.4 Å². The van der Waals surface area contributed by atoms with Gasteiger partial charge in [-0.05, 0) is 55.4 Å². The third kappa shape index (κ3) is 4.35. The van der Waals surface area contributed by atoms with Gasteiger partial charge in [-0.3, -0.25) is 0 Å². The number of hydrogen-bond donors (Lipinski definition) is 2. The van der Waals surface area contributed by atoms with Gasteiger partial charge >= 0.3 is 0 Å². The molecule has 2 aromatic rings. The molecule has 4 nitrogen and oxygen atoms in total. The zero-order chi connectivity index (χ0) is 21.1. The second kappa shape index (κ2) is 8.06. The van der Waals surface area contributed by atoms with Crippen molar-refractivity contribution >= 4 is 22.4 Å². The molecule has 1 spiro atoms. The smallest absolute Gasteiger partial charge is 0.214 e. The van der Waals surface area contributed by atoms with Gasteiger partial charge in [0.1, 0.15) is 17.5 Å². The van der Waals surface area contributed by atoms with Crippen molar-refractivity contribution in [3.8, 4) is 11.1 Å². The molecule has 2 aliphatic carbocycles. The van der Waals surface area contributed by atoms with Crippen molar-refractivity contribution in [3.63, 3.8) is 0 Å². The molecule has 0 bridgehead atoms. The summed E-state index contributed by atoms with van der Waals surface area (Å²) < 4.78 is 70.5. The van der Waals surface area contributed by atoms with Gasteiger partial charge in [0, 0.05) is 35.7 Å². The van der Waals surface area contributed by atoms with Crippen LogP contribution in [-0.4, -0.2) is 32.3 Å². The second-order valence-electron chi connectivity index (χ2n) is 8.83. The lowest BCUT2D eigenvalue weighted by Gasteiger charge is -2.25. The van der Waals surface area contributed by atoms with Crippen LogP contribution in [0.25, 0.3) is 11.1 Å². The normalized spacial score (nSPS) is 24.2. The highest BCUT2D eigenvalue weighted by atomic mass is 35.5. The maximum Gasteiger partial charge on any atom is 0.214 e. The van der Waals surface area contributed by atoms with E-state index in [0.29, 0.717) is 24.9 Å². The summed E-state index contributed by atoms with van der Waals surface area (Å²) in [6.45, 7) is 0.700. The summed E-state index contributed by atoms with van der Waals surface area (Å²) in [5, 5.41) is 3.07. The van der Waals surface area contributed by atoms with Crippen molar-refractivity contribution in [3.05, 3.63) is 59.4 Å². The van der Waals surface area contributed by atoms with Gasteiger partial charge in [-0.15, -0.1) is 12.4 Å². The van der Waals surface area contributed by atoms with Gasteiger partial charge in [-0.25, -0.2) is 26.3 Å². The van der Waals surface area contributed by atoms with E-state index in [0.717, 1.165) is 31.0 Å². The Morgan fingerprint density at radius 3 is 2.35 bits per heavy atom. The molecule has 1 heterocycles. The average Bonchev–Trinajstić information content (AvgIpc) is 3.58. The Labute approximate surface area is 186 Å². The molecule has 0 amide bonds. The van der Waals surface area contributed by atoms with Gasteiger partial charge in [0.2, 0.25) is 10.0 Å². The molecule has 0 radical (unpaired) electrons. The van der Waals surface area contributed by atoms with E-state index in [9.17, 15) is 17.2 Å². The summed E-state index contributed by atoms with van der Waals surface area (Å²) >= 11 is 0. The molecule has 3 aliphatic rings. The molecule has 0 aromatic heterocycles. The predicted molar refractivity (Wildman–Crippen MR) is 115 cm³/mol. The van der Waals surface area contributed by atoms with Crippen LogP contribution < -0.4 is 10.0 Å². The van der Waals surface area contributed by atoms with Crippen LogP contribution in [0.15, 0.2) is 36.4 Å². The minimum atomic E-state index is -3.36. The zero-order valence-corrected chi connectivity index (χ0v) is 18.3. The Morgan fingerprint density at radius 2 is 1.74 bits per heavy atom. The molecule has 2 atom stereocenters. The highest BCUT2D eigenvalue weighted by molar-refractivity contribution is 7.90. The second-order valence-corrected chi connectivity index (χ2v) is 10.8. The van der Waals surface area contributed by atoms with Crippen molar-refractivity contribution in [2.75, 3.05) is 6.54 Å². The maximum absolute atomic E-state index is 15.3. The molecule has 2 aromatic carbocycles. The van der Waals surface area contributed by atoms with Crippen LogP contribution >= 0.6 is 12.4 Å². The predicted octanol–water partition coefficient (Wildman–Crippen LogP) is 3.94. The first-order valence-corrected chi connectivity index (χ1v) is 11.8. The van der Waals surface area contributed by atoms with Crippen molar-refractivity contribution in [1.82, 2.24) is 10.0 Å². The van der Waals surface area contributed by atoms with E-state index in [2.05, 4.69) is 10.0 Å². The molecule has 168 valence electrons. The molecule has 1 aliphatic heterocycles.